The van der Waals surface area contributed by atoms with E-state index in [1.54, 1.807) is 24.3 Å². The molecule has 70 valence electrons. The third-order valence-corrected chi connectivity index (χ3v) is 1.79. The normalized spacial score (nSPS) is 12.5. The van der Waals surface area contributed by atoms with Crippen LogP contribution in [-0.2, 0) is 9.63 Å². The number of halogens is 1. The maximum atomic E-state index is 10.6. The second kappa shape index (κ2) is 4.23. The summed E-state index contributed by atoms with van der Waals surface area (Å²) in [6, 6.07) is 6.25. The Labute approximate surface area is 79.8 Å². The summed E-state index contributed by atoms with van der Waals surface area (Å²) in [6.45, 7) is 0. The zero-order chi connectivity index (χ0) is 9.84. The van der Waals surface area contributed by atoms with Gasteiger partial charge in [-0.25, -0.2) is 10.7 Å². The Morgan fingerprint density at radius 1 is 1.46 bits per heavy atom. The van der Waals surface area contributed by atoms with Crippen molar-refractivity contribution in [3.63, 3.8) is 0 Å². The minimum absolute atomic E-state index is 0.458. The molecule has 1 atom stereocenters. The summed E-state index contributed by atoms with van der Waals surface area (Å²) in [5.74, 6) is 3.70. The molecule has 4 nitrogen and oxygen atoms in total. The first-order valence-corrected chi connectivity index (χ1v) is 3.86. The topological polar surface area (TPSA) is 72.5 Å². The van der Waals surface area contributed by atoms with Crippen molar-refractivity contribution in [3.8, 4) is 0 Å². The lowest BCUT2D eigenvalue weighted by atomic mass is 10.1. The predicted octanol–water partition coefficient (Wildman–Crippen LogP) is 1.36. The molecule has 3 N–H and O–H groups in total. The van der Waals surface area contributed by atoms with Gasteiger partial charge in [0, 0.05) is 5.02 Å². The maximum absolute atomic E-state index is 10.6. The third-order valence-electron chi connectivity index (χ3n) is 1.53. The van der Waals surface area contributed by atoms with Crippen molar-refractivity contribution in [2.75, 3.05) is 0 Å². The van der Waals surface area contributed by atoms with E-state index in [9.17, 15) is 4.79 Å². The predicted molar refractivity (Wildman–Crippen MR) is 47.1 cm³/mol. The van der Waals surface area contributed by atoms with Crippen molar-refractivity contribution in [3.05, 3.63) is 34.9 Å². The Morgan fingerprint density at radius 3 is 2.38 bits per heavy atom. The van der Waals surface area contributed by atoms with Gasteiger partial charge >= 0.3 is 5.97 Å². The van der Waals surface area contributed by atoms with Crippen LogP contribution in [-0.4, -0.2) is 11.1 Å². The van der Waals surface area contributed by atoms with E-state index < -0.39 is 12.1 Å². The molecule has 0 radical (unpaired) electrons. The molecule has 0 saturated heterocycles. The zero-order valence-corrected chi connectivity index (χ0v) is 7.36. The van der Waals surface area contributed by atoms with E-state index in [1.165, 1.54) is 0 Å². The number of rotatable bonds is 3. The molecule has 0 aliphatic heterocycles. The molecule has 0 amide bonds. The number of hydrogen-bond donors (Lipinski definition) is 2. The molecular weight excluding hydrogens is 194 g/mol. The average molecular weight is 202 g/mol. The summed E-state index contributed by atoms with van der Waals surface area (Å²) >= 11 is 5.62. The molecule has 0 aliphatic rings. The fourth-order valence-corrected chi connectivity index (χ4v) is 1.04. The van der Waals surface area contributed by atoms with Gasteiger partial charge in [-0.05, 0) is 17.7 Å². The van der Waals surface area contributed by atoms with Crippen LogP contribution < -0.4 is 5.90 Å². The number of aliphatic carboxylic acids is 1. The van der Waals surface area contributed by atoms with Crippen molar-refractivity contribution < 1.29 is 14.7 Å². The van der Waals surface area contributed by atoms with E-state index in [-0.39, 0.29) is 0 Å². The van der Waals surface area contributed by atoms with Crippen molar-refractivity contribution in [2.24, 2.45) is 5.90 Å². The first-order valence-electron chi connectivity index (χ1n) is 3.49. The fraction of sp³-hybridized carbons (Fsp3) is 0.125. The van der Waals surface area contributed by atoms with Gasteiger partial charge in [0.05, 0.1) is 0 Å². The minimum Gasteiger partial charge on any atom is -0.479 e. The highest BCUT2D eigenvalue weighted by molar-refractivity contribution is 6.30. The van der Waals surface area contributed by atoms with Crippen molar-refractivity contribution in [1.82, 2.24) is 0 Å². The lowest BCUT2D eigenvalue weighted by Crippen LogP contribution is -2.18. The maximum Gasteiger partial charge on any atom is 0.339 e. The molecule has 0 heterocycles. The lowest BCUT2D eigenvalue weighted by molar-refractivity contribution is -0.151. The molecule has 0 saturated carbocycles. The summed E-state index contributed by atoms with van der Waals surface area (Å²) < 4.78 is 0. The van der Waals surface area contributed by atoms with E-state index in [1.807, 2.05) is 0 Å². The molecule has 0 aliphatic carbocycles. The molecule has 1 rings (SSSR count). The first kappa shape index (κ1) is 9.98. The van der Waals surface area contributed by atoms with Crippen LogP contribution in [0, 0.1) is 0 Å². The first-order chi connectivity index (χ1) is 6.15. The SMILES string of the molecule is NOC(C(=O)O)c1ccc(Cl)cc1. The Balaban J connectivity index is 2.92. The fourth-order valence-electron chi connectivity index (χ4n) is 0.917. The second-order valence-electron chi connectivity index (χ2n) is 2.41. The van der Waals surface area contributed by atoms with Crippen LogP contribution in [0.25, 0.3) is 0 Å². The molecular formula is C8H8ClNO3. The highest BCUT2D eigenvalue weighted by Gasteiger charge is 2.19. The average Bonchev–Trinajstić information content (AvgIpc) is 2.09. The summed E-state index contributed by atoms with van der Waals surface area (Å²) in [5.41, 5.74) is 0.458. The van der Waals surface area contributed by atoms with E-state index in [4.69, 9.17) is 22.6 Å². The molecule has 1 aromatic rings. The number of nitrogens with two attached hydrogens (primary N) is 1. The Hall–Kier alpha value is -1.10. The van der Waals surface area contributed by atoms with Crippen molar-refractivity contribution in [1.29, 1.82) is 0 Å². The van der Waals surface area contributed by atoms with E-state index in [2.05, 4.69) is 4.84 Å². The molecule has 1 unspecified atom stereocenters. The summed E-state index contributed by atoms with van der Waals surface area (Å²) in [5, 5.41) is 9.19. The number of carboxylic acid groups (broad SMARTS) is 1. The van der Waals surface area contributed by atoms with Crippen LogP contribution in [0.5, 0.6) is 0 Å². The van der Waals surface area contributed by atoms with E-state index in [0.29, 0.717) is 10.6 Å². The molecule has 0 fully saturated rings. The Bertz CT molecular complexity index is 299. The van der Waals surface area contributed by atoms with Gasteiger partial charge < -0.3 is 5.11 Å². The lowest BCUT2D eigenvalue weighted by Gasteiger charge is -2.09. The number of carbonyl (C=O) groups is 1. The largest absolute Gasteiger partial charge is 0.479 e. The van der Waals surface area contributed by atoms with Crippen LogP contribution in [0.2, 0.25) is 5.02 Å². The molecule has 13 heavy (non-hydrogen) atoms. The molecule has 0 aromatic heterocycles. The van der Waals surface area contributed by atoms with Crippen molar-refractivity contribution in [2.45, 2.75) is 6.10 Å². The monoisotopic (exact) mass is 201 g/mol. The summed E-state index contributed by atoms with van der Waals surface area (Å²) in [6.07, 6.45) is -1.14. The number of benzene rings is 1. The summed E-state index contributed by atoms with van der Waals surface area (Å²) in [7, 11) is 0. The quantitative estimate of drug-likeness (QED) is 0.725. The highest BCUT2D eigenvalue weighted by atomic mass is 35.5. The molecule has 1 aromatic carbocycles. The third kappa shape index (κ3) is 2.42. The van der Waals surface area contributed by atoms with Gasteiger partial charge in [-0.1, -0.05) is 23.7 Å². The van der Waals surface area contributed by atoms with Crippen LogP contribution in [0.3, 0.4) is 0 Å². The highest BCUT2D eigenvalue weighted by Crippen LogP contribution is 2.18. The second-order valence-corrected chi connectivity index (χ2v) is 2.84. The standard InChI is InChI=1S/C8H8ClNO3/c9-6-3-1-5(2-4-6)7(13-10)8(11)12/h1-4,7H,10H2,(H,11,12). The van der Waals surface area contributed by atoms with E-state index >= 15 is 0 Å². The van der Waals surface area contributed by atoms with Gasteiger partial charge in [0.1, 0.15) is 0 Å². The van der Waals surface area contributed by atoms with Gasteiger partial charge in [-0.15, -0.1) is 0 Å². The molecule has 0 spiro atoms. The van der Waals surface area contributed by atoms with Gasteiger partial charge in [-0.2, -0.15) is 0 Å². The minimum atomic E-state index is -1.14. The van der Waals surface area contributed by atoms with Gasteiger partial charge in [0.15, 0.2) is 0 Å². The van der Waals surface area contributed by atoms with Gasteiger partial charge in [0.2, 0.25) is 6.10 Å². The molecule has 0 bridgehead atoms. The van der Waals surface area contributed by atoms with Gasteiger partial charge in [0.25, 0.3) is 0 Å². The zero-order valence-electron chi connectivity index (χ0n) is 6.61. The number of hydrogen-bond acceptors (Lipinski definition) is 3. The smallest absolute Gasteiger partial charge is 0.339 e. The van der Waals surface area contributed by atoms with Crippen LogP contribution in [0.15, 0.2) is 24.3 Å². The number of carboxylic acids is 1. The van der Waals surface area contributed by atoms with E-state index in [0.717, 1.165) is 0 Å². The Kier molecular flexibility index (Phi) is 3.25. The van der Waals surface area contributed by atoms with Crippen molar-refractivity contribution >= 4 is 17.6 Å². The molecule has 5 heteroatoms. The van der Waals surface area contributed by atoms with Crippen LogP contribution >= 0.6 is 11.6 Å². The van der Waals surface area contributed by atoms with Crippen LogP contribution in [0.1, 0.15) is 11.7 Å². The Morgan fingerprint density at radius 2 is 2.00 bits per heavy atom. The van der Waals surface area contributed by atoms with Gasteiger partial charge in [-0.3, -0.25) is 4.84 Å². The van der Waals surface area contributed by atoms with Crippen LogP contribution in [0.4, 0.5) is 0 Å². The summed E-state index contributed by atoms with van der Waals surface area (Å²) in [4.78, 5) is 14.9.